The highest BCUT2D eigenvalue weighted by Gasteiger charge is 2.16. The molecule has 0 saturated heterocycles. The van der Waals surface area contributed by atoms with Gasteiger partial charge in [-0.3, -0.25) is 4.72 Å². The topological polar surface area (TPSA) is 104 Å². The molecule has 0 spiro atoms. The van der Waals surface area contributed by atoms with E-state index in [1.807, 2.05) is 4.72 Å². The predicted octanol–water partition coefficient (Wildman–Crippen LogP) is 0.284. The molecule has 9 heteroatoms. The zero-order chi connectivity index (χ0) is 14.7. The summed E-state index contributed by atoms with van der Waals surface area (Å²) in [6, 6.07) is 5.54. The summed E-state index contributed by atoms with van der Waals surface area (Å²) in [4.78, 5) is 0. The highest BCUT2D eigenvalue weighted by molar-refractivity contribution is 7.95. The largest absolute Gasteiger partial charge is 0.282 e. The van der Waals surface area contributed by atoms with E-state index in [0.29, 0.717) is 0 Å². The minimum Gasteiger partial charge on any atom is -0.282 e. The van der Waals surface area contributed by atoms with Crippen molar-refractivity contribution in [1.82, 2.24) is 0 Å². The first kappa shape index (κ1) is 15.4. The van der Waals surface area contributed by atoms with Crippen molar-refractivity contribution in [3.05, 3.63) is 29.6 Å². The maximum absolute atomic E-state index is 12.8. The maximum Gasteiger partial charge on any atom is 0.233 e. The van der Waals surface area contributed by atoms with Gasteiger partial charge in [-0.1, -0.05) is 0 Å². The Bertz CT molecular complexity index is 720. The lowest BCUT2D eigenvalue weighted by atomic mass is 10.2. The number of halogens is 1. The number of anilines is 1. The van der Waals surface area contributed by atoms with Gasteiger partial charge >= 0.3 is 0 Å². The summed E-state index contributed by atoms with van der Waals surface area (Å²) >= 11 is 0. The molecule has 0 aliphatic heterocycles. The van der Waals surface area contributed by atoms with Crippen molar-refractivity contribution < 1.29 is 21.2 Å². The van der Waals surface area contributed by atoms with Crippen LogP contribution in [0, 0.1) is 23.2 Å². The molecule has 0 aliphatic rings. The molecule has 0 unspecified atom stereocenters. The van der Waals surface area contributed by atoms with Crippen molar-refractivity contribution in [2.24, 2.45) is 0 Å². The van der Waals surface area contributed by atoms with Gasteiger partial charge in [0.25, 0.3) is 0 Å². The normalized spacial score (nSPS) is 11.8. The molecule has 0 aromatic heterocycles. The highest BCUT2D eigenvalue weighted by atomic mass is 32.2. The Balaban J connectivity index is 2.94. The summed E-state index contributed by atoms with van der Waals surface area (Å²) in [5, 5.41) is 8.74. The molecule has 0 aliphatic carbocycles. The highest BCUT2D eigenvalue weighted by Crippen LogP contribution is 2.17. The second kappa shape index (κ2) is 5.54. The molecule has 0 fully saturated rings. The number of rotatable bonds is 5. The van der Waals surface area contributed by atoms with E-state index in [0.717, 1.165) is 18.4 Å². The Kier molecular flexibility index (Phi) is 4.49. The van der Waals surface area contributed by atoms with Gasteiger partial charge in [0.15, 0.2) is 0 Å². The van der Waals surface area contributed by atoms with E-state index in [1.165, 1.54) is 0 Å². The molecule has 0 saturated carbocycles. The van der Waals surface area contributed by atoms with Crippen LogP contribution in [0.1, 0.15) is 5.56 Å². The predicted molar refractivity (Wildman–Crippen MR) is 67.1 cm³/mol. The number of nitriles is 1. The SMILES string of the molecule is CS(=O)(=O)CCS(=O)(=O)Nc1c[c]c(F)cc1C#N. The summed E-state index contributed by atoms with van der Waals surface area (Å²) in [5.74, 6) is -1.99. The number of hydrogen-bond donors (Lipinski definition) is 1. The van der Waals surface area contributed by atoms with Gasteiger partial charge < -0.3 is 0 Å². The van der Waals surface area contributed by atoms with Crippen molar-refractivity contribution in [2.45, 2.75) is 0 Å². The van der Waals surface area contributed by atoms with Crippen LogP contribution in [0.3, 0.4) is 0 Å². The molecular weight excluding hydrogens is 295 g/mol. The molecule has 1 aromatic carbocycles. The van der Waals surface area contributed by atoms with Gasteiger partial charge in [-0.25, -0.2) is 21.2 Å². The Morgan fingerprint density at radius 1 is 1.37 bits per heavy atom. The van der Waals surface area contributed by atoms with Crippen LogP contribution in [0.15, 0.2) is 12.1 Å². The molecule has 103 valence electrons. The van der Waals surface area contributed by atoms with Crippen molar-refractivity contribution >= 4 is 25.5 Å². The maximum atomic E-state index is 12.8. The Morgan fingerprint density at radius 2 is 2.00 bits per heavy atom. The zero-order valence-electron chi connectivity index (χ0n) is 9.84. The van der Waals surface area contributed by atoms with Gasteiger partial charge in [-0.15, -0.1) is 0 Å². The lowest BCUT2D eigenvalue weighted by molar-refractivity contribution is 0.593. The Hall–Kier alpha value is -1.66. The monoisotopic (exact) mass is 305 g/mol. The fourth-order valence-electron chi connectivity index (χ4n) is 1.12. The van der Waals surface area contributed by atoms with Gasteiger partial charge in [0.1, 0.15) is 21.7 Å². The number of nitrogens with zero attached hydrogens (tertiary/aromatic N) is 1. The molecule has 19 heavy (non-hydrogen) atoms. The van der Waals surface area contributed by atoms with Crippen molar-refractivity contribution in [3.63, 3.8) is 0 Å². The molecule has 0 bridgehead atoms. The third-order valence-corrected chi connectivity index (χ3v) is 4.50. The molecule has 0 amide bonds. The van der Waals surface area contributed by atoms with Crippen LogP contribution in [-0.4, -0.2) is 34.6 Å². The fourth-order valence-corrected chi connectivity index (χ4v) is 3.82. The molecule has 1 rings (SSSR count). The second-order valence-corrected chi connectivity index (χ2v) is 7.87. The van der Waals surface area contributed by atoms with Crippen LogP contribution in [0.4, 0.5) is 10.1 Å². The Morgan fingerprint density at radius 3 is 2.53 bits per heavy atom. The average molecular weight is 305 g/mol. The molecule has 1 N–H and O–H groups in total. The first-order valence-electron chi connectivity index (χ1n) is 4.92. The summed E-state index contributed by atoms with van der Waals surface area (Å²) in [6.07, 6.45) is 0.912. The zero-order valence-corrected chi connectivity index (χ0v) is 11.5. The summed E-state index contributed by atoms with van der Waals surface area (Å²) in [7, 11) is -7.36. The number of sulfone groups is 1. The van der Waals surface area contributed by atoms with Crippen LogP contribution < -0.4 is 4.72 Å². The number of sulfonamides is 1. The van der Waals surface area contributed by atoms with E-state index in [-0.39, 0.29) is 11.3 Å². The van der Waals surface area contributed by atoms with Crippen LogP contribution in [-0.2, 0) is 19.9 Å². The third kappa shape index (κ3) is 5.23. The number of nitrogens with one attached hydrogen (secondary N) is 1. The summed E-state index contributed by atoms with van der Waals surface area (Å²) < 4.78 is 59.8. The summed E-state index contributed by atoms with van der Waals surface area (Å²) in [5.41, 5.74) is -0.350. The molecule has 1 radical (unpaired) electrons. The quantitative estimate of drug-likeness (QED) is 0.841. The lowest BCUT2D eigenvalue weighted by Gasteiger charge is -2.08. The van der Waals surface area contributed by atoms with Gasteiger partial charge in [0.05, 0.1) is 22.8 Å². The smallest absolute Gasteiger partial charge is 0.233 e. The van der Waals surface area contributed by atoms with E-state index in [4.69, 9.17) is 5.26 Å². The molecule has 6 nitrogen and oxygen atoms in total. The van der Waals surface area contributed by atoms with Crippen LogP contribution in [0.2, 0.25) is 0 Å². The molecule has 0 heterocycles. The number of benzene rings is 1. The molecule has 0 atom stereocenters. The van der Waals surface area contributed by atoms with Gasteiger partial charge in [0.2, 0.25) is 10.0 Å². The minimum absolute atomic E-state index is 0.141. The van der Waals surface area contributed by atoms with Crippen LogP contribution in [0.5, 0.6) is 0 Å². The summed E-state index contributed by atoms with van der Waals surface area (Å²) in [6.45, 7) is 0. The van der Waals surface area contributed by atoms with Crippen molar-refractivity contribution in [1.29, 1.82) is 5.26 Å². The number of hydrogen-bond acceptors (Lipinski definition) is 5. The minimum atomic E-state index is -3.94. The molecule has 1 aromatic rings. The fraction of sp³-hybridized carbons (Fsp3) is 0.300. The first-order valence-corrected chi connectivity index (χ1v) is 8.64. The van der Waals surface area contributed by atoms with E-state index in [2.05, 4.69) is 6.07 Å². The third-order valence-electron chi connectivity index (χ3n) is 2.02. The van der Waals surface area contributed by atoms with E-state index in [1.54, 1.807) is 6.07 Å². The van der Waals surface area contributed by atoms with Crippen LogP contribution >= 0.6 is 0 Å². The van der Waals surface area contributed by atoms with E-state index < -0.39 is 37.2 Å². The van der Waals surface area contributed by atoms with Gasteiger partial charge in [0, 0.05) is 12.3 Å². The Labute approximate surface area is 110 Å². The second-order valence-electron chi connectivity index (χ2n) is 3.77. The first-order chi connectivity index (χ1) is 8.63. The average Bonchev–Trinajstić information content (AvgIpc) is 2.28. The van der Waals surface area contributed by atoms with E-state index in [9.17, 15) is 21.2 Å². The van der Waals surface area contributed by atoms with Gasteiger partial charge in [-0.05, 0) is 12.1 Å². The van der Waals surface area contributed by atoms with Crippen molar-refractivity contribution in [3.8, 4) is 6.07 Å². The van der Waals surface area contributed by atoms with Crippen LogP contribution in [0.25, 0.3) is 0 Å². The standard InChI is InChI=1S/C10H10FN2O4S2/c1-18(14,15)4-5-19(16,17)13-10-3-2-9(11)6-8(10)7-12/h3,6,13H,4-5H2,1H3. The molecular formula is C10H10FN2O4S2. The van der Waals surface area contributed by atoms with E-state index >= 15 is 0 Å². The lowest BCUT2D eigenvalue weighted by Crippen LogP contribution is -2.22. The van der Waals surface area contributed by atoms with Gasteiger partial charge in [-0.2, -0.15) is 5.26 Å². The van der Waals surface area contributed by atoms with Crippen molar-refractivity contribution in [2.75, 3.05) is 22.5 Å².